The Kier molecular flexibility index (Phi) is 2.57. The van der Waals surface area contributed by atoms with Crippen molar-refractivity contribution in [3.8, 4) is 5.75 Å². The number of nitrogens with one attached hydrogen (secondary N) is 1. The molecular weight excluding hydrogens is 260 g/mol. The number of urea groups is 1. The van der Waals surface area contributed by atoms with E-state index in [4.69, 9.17) is 4.74 Å². The number of barbiturate groups is 1. The van der Waals surface area contributed by atoms with Crippen molar-refractivity contribution in [3.63, 3.8) is 0 Å². The van der Waals surface area contributed by atoms with Crippen LogP contribution in [0.2, 0.25) is 0 Å². The monoisotopic (exact) mass is 274 g/mol. The molecule has 4 amide bonds. The predicted octanol–water partition coefficient (Wildman–Crippen LogP) is 1.37. The van der Waals surface area contributed by atoms with Gasteiger partial charge in [-0.2, -0.15) is 0 Å². The molecule has 0 aromatic heterocycles. The van der Waals surface area contributed by atoms with Gasteiger partial charge in [0, 0.05) is 0 Å². The lowest BCUT2D eigenvalue weighted by Gasteiger charge is -2.30. The SMILES string of the molecule is COc1ccc(N2C(=O)NC(=O)C3(CC3)C2=O)cc1C. The minimum atomic E-state index is -1.03. The first-order valence-corrected chi connectivity index (χ1v) is 6.34. The second kappa shape index (κ2) is 4.06. The standard InChI is InChI=1S/C14H14N2O4/c1-8-7-9(3-4-10(8)20-2)16-12(18)14(5-6-14)11(17)15-13(16)19/h3-4,7H,5-6H2,1-2H3,(H,15,17,19). The summed E-state index contributed by atoms with van der Waals surface area (Å²) < 4.78 is 5.15. The fraction of sp³-hybridized carbons (Fsp3) is 0.357. The topological polar surface area (TPSA) is 75.7 Å². The average molecular weight is 274 g/mol. The highest BCUT2D eigenvalue weighted by Gasteiger charge is 2.62. The lowest BCUT2D eigenvalue weighted by molar-refractivity contribution is -0.136. The summed E-state index contributed by atoms with van der Waals surface area (Å²) in [7, 11) is 1.55. The summed E-state index contributed by atoms with van der Waals surface area (Å²) >= 11 is 0. The maximum Gasteiger partial charge on any atom is 0.335 e. The molecule has 20 heavy (non-hydrogen) atoms. The molecule has 2 fully saturated rings. The first kappa shape index (κ1) is 12.7. The van der Waals surface area contributed by atoms with Gasteiger partial charge in [0.15, 0.2) is 0 Å². The third-order valence-electron chi connectivity index (χ3n) is 3.86. The zero-order valence-electron chi connectivity index (χ0n) is 11.2. The molecule has 1 aromatic carbocycles. The first-order chi connectivity index (χ1) is 9.49. The van der Waals surface area contributed by atoms with Gasteiger partial charge in [0.1, 0.15) is 11.2 Å². The highest BCUT2D eigenvalue weighted by molar-refractivity contribution is 6.31. The number of aryl methyl sites for hydroxylation is 1. The Hall–Kier alpha value is -2.37. The Balaban J connectivity index is 2.00. The van der Waals surface area contributed by atoms with Crippen molar-refractivity contribution >= 4 is 23.5 Å². The van der Waals surface area contributed by atoms with Crippen LogP contribution in [0.3, 0.4) is 0 Å². The molecule has 1 saturated heterocycles. The normalized spacial score (nSPS) is 20.1. The smallest absolute Gasteiger partial charge is 0.335 e. The number of hydrogen-bond acceptors (Lipinski definition) is 4. The van der Waals surface area contributed by atoms with Crippen LogP contribution in [0.4, 0.5) is 10.5 Å². The van der Waals surface area contributed by atoms with Gasteiger partial charge in [-0.05, 0) is 43.5 Å². The van der Waals surface area contributed by atoms with Crippen molar-refractivity contribution in [2.24, 2.45) is 5.41 Å². The lowest BCUT2D eigenvalue weighted by atomic mass is 10.0. The van der Waals surface area contributed by atoms with Gasteiger partial charge in [0.05, 0.1) is 12.8 Å². The second-order valence-corrected chi connectivity index (χ2v) is 5.14. The number of ether oxygens (including phenoxy) is 1. The number of imide groups is 2. The number of nitrogens with zero attached hydrogens (tertiary/aromatic N) is 1. The molecule has 104 valence electrons. The molecule has 6 nitrogen and oxygen atoms in total. The number of anilines is 1. The Bertz CT molecular complexity index is 634. The average Bonchev–Trinajstić information content (AvgIpc) is 3.19. The summed E-state index contributed by atoms with van der Waals surface area (Å²) in [6.07, 6.45) is 0.993. The molecule has 0 radical (unpaired) electrons. The quantitative estimate of drug-likeness (QED) is 0.826. The Morgan fingerprint density at radius 1 is 1.25 bits per heavy atom. The van der Waals surface area contributed by atoms with Crippen LogP contribution in [-0.4, -0.2) is 25.0 Å². The van der Waals surface area contributed by atoms with Crippen LogP contribution in [-0.2, 0) is 9.59 Å². The number of amides is 4. The molecule has 1 N–H and O–H groups in total. The number of carbonyl (C=O) groups excluding carboxylic acids is 3. The summed E-state index contributed by atoms with van der Waals surface area (Å²) in [6.45, 7) is 1.83. The van der Waals surface area contributed by atoms with E-state index in [1.165, 1.54) is 0 Å². The van der Waals surface area contributed by atoms with E-state index in [-0.39, 0.29) is 0 Å². The van der Waals surface area contributed by atoms with Crippen molar-refractivity contribution in [2.45, 2.75) is 19.8 Å². The van der Waals surface area contributed by atoms with E-state index >= 15 is 0 Å². The minimum Gasteiger partial charge on any atom is -0.496 e. The van der Waals surface area contributed by atoms with E-state index in [1.807, 2.05) is 6.92 Å². The maximum atomic E-state index is 12.4. The van der Waals surface area contributed by atoms with Crippen LogP contribution < -0.4 is 15.0 Å². The Morgan fingerprint density at radius 3 is 2.50 bits per heavy atom. The van der Waals surface area contributed by atoms with Crippen molar-refractivity contribution in [3.05, 3.63) is 23.8 Å². The van der Waals surface area contributed by atoms with Crippen LogP contribution >= 0.6 is 0 Å². The van der Waals surface area contributed by atoms with Crippen molar-refractivity contribution in [1.82, 2.24) is 5.32 Å². The number of hydrogen-bond donors (Lipinski definition) is 1. The first-order valence-electron chi connectivity index (χ1n) is 6.34. The Morgan fingerprint density at radius 2 is 1.95 bits per heavy atom. The van der Waals surface area contributed by atoms with Gasteiger partial charge in [-0.1, -0.05) is 0 Å². The number of benzene rings is 1. The van der Waals surface area contributed by atoms with Crippen LogP contribution in [0.1, 0.15) is 18.4 Å². The lowest BCUT2D eigenvalue weighted by Crippen LogP contribution is -2.59. The van der Waals surface area contributed by atoms with Gasteiger partial charge in [0.25, 0.3) is 5.91 Å². The van der Waals surface area contributed by atoms with Gasteiger partial charge in [-0.15, -0.1) is 0 Å². The van der Waals surface area contributed by atoms with Crippen molar-refractivity contribution in [1.29, 1.82) is 0 Å². The Labute approximate surface area is 115 Å². The third kappa shape index (κ3) is 1.61. The van der Waals surface area contributed by atoms with E-state index in [0.717, 1.165) is 10.5 Å². The molecule has 1 saturated carbocycles. The van der Waals surface area contributed by atoms with E-state index in [2.05, 4.69) is 5.32 Å². The molecule has 1 aromatic rings. The van der Waals surface area contributed by atoms with Gasteiger partial charge in [-0.3, -0.25) is 14.9 Å². The molecule has 1 aliphatic heterocycles. The maximum absolute atomic E-state index is 12.4. The highest BCUT2D eigenvalue weighted by atomic mass is 16.5. The van der Waals surface area contributed by atoms with Crippen molar-refractivity contribution in [2.75, 3.05) is 12.0 Å². The molecule has 3 rings (SSSR count). The van der Waals surface area contributed by atoms with Gasteiger partial charge in [0.2, 0.25) is 5.91 Å². The highest BCUT2D eigenvalue weighted by Crippen LogP contribution is 2.49. The molecule has 0 bridgehead atoms. The van der Waals surface area contributed by atoms with Gasteiger partial charge < -0.3 is 4.74 Å². The van der Waals surface area contributed by atoms with Crippen LogP contribution in [0.25, 0.3) is 0 Å². The van der Waals surface area contributed by atoms with E-state index < -0.39 is 23.3 Å². The summed E-state index contributed by atoms with van der Waals surface area (Å²) in [6, 6.07) is 4.33. The third-order valence-corrected chi connectivity index (χ3v) is 3.86. The molecule has 0 unspecified atom stereocenters. The zero-order valence-corrected chi connectivity index (χ0v) is 11.2. The van der Waals surface area contributed by atoms with Crippen LogP contribution in [0.5, 0.6) is 5.75 Å². The summed E-state index contributed by atoms with van der Waals surface area (Å²) in [4.78, 5) is 37.1. The van der Waals surface area contributed by atoms with E-state index in [0.29, 0.717) is 24.3 Å². The number of carbonyl (C=O) groups is 3. The van der Waals surface area contributed by atoms with Crippen LogP contribution in [0, 0.1) is 12.3 Å². The van der Waals surface area contributed by atoms with Crippen LogP contribution in [0.15, 0.2) is 18.2 Å². The molecule has 6 heteroatoms. The largest absolute Gasteiger partial charge is 0.496 e. The predicted molar refractivity (Wildman–Crippen MR) is 70.4 cm³/mol. The molecular formula is C14H14N2O4. The molecule has 1 heterocycles. The summed E-state index contributed by atoms with van der Waals surface area (Å²) in [5.74, 6) is -0.236. The van der Waals surface area contributed by atoms with E-state index in [9.17, 15) is 14.4 Å². The van der Waals surface area contributed by atoms with Crippen molar-refractivity contribution < 1.29 is 19.1 Å². The van der Waals surface area contributed by atoms with Gasteiger partial charge >= 0.3 is 6.03 Å². The number of rotatable bonds is 2. The number of methoxy groups -OCH3 is 1. The fourth-order valence-corrected chi connectivity index (χ4v) is 2.48. The molecule has 2 aliphatic rings. The van der Waals surface area contributed by atoms with Gasteiger partial charge in [-0.25, -0.2) is 9.69 Å². The molecule has 1 aliphatic carbocycles. The second-order valence-electron chi connectivity index (χ2n) is 5.14. The summed E-state index contributed by atoms with van der Waals surface area (Å²) in [5, 5.41) is 2.26. The molecule has 1 spiro atoms. The zero-order chi connectivity index (χ0) is 14.5. The molecule has 0 atom stereocenters. The van der Waals surface area contributed by atoms with E-state index in [1.54, 1.807) is 25.3 Å². The minimum absolute atomic E-state index is 0.434. The summed E-state index contributed by atoms with van der Waals surface area (Å²) in [5.41, 5.74) is 0.235. The fourth-order valence-electron chi connectivity index (χ4n) is 2.48.